The van der Waals surface area contributed by atoms with Crippen molar-refractivity contribution in [3.8, 4) is 0 Å². The molecular weight excluding hydrogens is 300 g/mol. The zero-order chi connectivity index (χ0) is 9.84. The summed E-state index contributed by atoms with van der Waals surface area (Å²) in [7, 11) is 1.38. The fourth-order valence-electron chi connectivity index (χ4n) is 0.913. The van der Waals surface area contributed by atoms with Crippen LogP contribution in [-0.2, 0) is 16.0 Å². The van der Waals surface area contributed by atoms with Gasteiger partial charge in [-0.1, -0.05) is 12.1 Å². The molecule has 0 spiro atoms. The first kappa shape index (κ1) is 10.7. The number of methoxy groups -OCH3 is 1. The first-order chi connectivity index (χ1) is 6.15. The van der Waals surface area contributed by atoms with Crippen LogP contribution in [0.15, 0.2) is 27.1 Å². The number of hydrogen-bond acceptors (Lipinski definition) is 2. The summed E-state index contributed by atoms with van der Waals surface area (Å²) in [4.78, 5) is 11.0. The fourth-order valence-corrected chi connectivity index (χ4v) is 1.72. The SMILES string of the molecule is COC(=O)Cc1cccc(Br)c1Br. The highest BCUT2D eigenvalue weighted by atomic mass is 79.9. The fraction of sp³-hybridized carbons (Fsp3) is 0.222. The van der Waals surface area contributed by atoms with Gasteiger partial charge in [0.05, 0.1) is 13.5 Å². The molecule has 0 aliphatic rings. The Morgan fingerprint density at radius 1 is 1.46 bits per heavy atom. The molecule has 1 aromatic rings. The summed E-state index contributed by atoms with van der Waals surface area (Å²) < 4.78 is 6.42. The van der Waals surface area contributed by atoms with Crippen LogP contribution < -0.4 is 0 Å². The van der Waals surface area contributed by atoms with E-state index in [2.05, 4.69) is 36.6 Å². The van der Waals surface area contributed by atoms with Gasteiger partial charge in [-0.15, -0.1) is 0 Å². The zero-order valence-electron chi connectivity index (χ0n) is 7.01. The highest BCUT2D eigenvalue weighted by Gasteiger charge is 2.07. The average Bonchev–Trinajstić information content (AvgIpc) is 2.13. The van der Waals surface area contributed by atoms with E-state index in [1.165, 1.54) is 7.11 Å². The van der Waals surface area contributed by atoms with Crippen LogP contribution in [0, 0.1) is 0 Å². The summed E-state index contributed by atoms with van der Waals surface area (Å²) in [6.45, 7) is 0. The maximum Gasteiger partial charge on any atom is 0.310 e. The molecule has 70 valence electrons. The van der Waals surface area contributed by atoms with Crippen molar-refractivity contribution in [2.45, 2.75) is 6.42 Å². The van der Waals surface area contributed by atoms with Gasteiger partial charge in [0.2, 0.25) is 0 Å². The Morgan fingerprint density at radius 2 is 2.15 bits per heavy atom. The largest absolute Gasteiger partial charge is 0.469 e. The third-order valence-corrected chi connectivity index (χ3v) is 3.72. The van der Waals surface area contributed by atoms with Crippen molar-refractivity contribution in [2.24, 2.45) is 0 Å². The highest BCUT2D eigenvalue weighted by molar-refractivity contribution is 9.13. The van der Waals surface area contributed by atoms with Crippen molar-refractivity contribution in [3.63, 3.8) is 0 Å². The number of hydrogen-bond donors (Lipinski definition) is 0. The molecule has 4 heteroatoms. The van der Waals surface area contributed by atoms with Crippen LogP contribution in [0.25, 0.3) is 0 Å². The van der Waals surface area contributed by atoms with Crippen molar-refractivity contribution in [1.29, 1.82) is 0 Å². The molecule has 2 nitrogen and oxygen atoms in total. The van der Waals surface area contributed by atoms with Crippen LogP contribution >= 0.6 is 31.9 Å². The molecule has 0 aromatic heterocycles. The Morgan fingerprint density at radius 3 is 2.77 bits per heavy atom. The summed E-state index contributed by atoms with van der Waals surface area (Å²) in [6.07, 6.45) is 0.288. The maximum absolute atomic E-state index is 11.0. The second-order valence-corrected chi connectivity index (χ2v) is 4.11. The van der Waals surface area contributed by atoms with E-state index in [-0.39, 0.29) is 12.4 Å². The Balaban J connectivity index is 2.89. The van der Waals surface area contributed by atoms with Gasteiger partial charge >= 0.3 is 5.97 Å². The number of rotatable bonds is 2. The summed E-state index contributed by atoms with van der Waals surface area (Å²) in [6, 6.07) is 5.67. The Kier molecular flexibility index (Phi) is 3.93. The van der Waals surface area contributed by atoms with E-state index in [4.69, 9.17) is 0 Å². The molecule has 0 saturated heterocycles. The lowest BCUT2D eigenvalue weighted by atomic mass is 10.2. The van der Waals surface area contributed by atoms with Gasteiger partial charge in [0.25, 0.3) is 0 Å². The summed E-state index contributed by atoms with van der Waals surface area (Å²) >= 11 is 6.74. The first-order valence-electron chi connectivity index (χ1n) is 3.65. The van der Waals surface area contributed by atoms with Gasteiger partial charge in [-0.25, -0.2) is 0 Å². The van der Waals surface area contributed by atoms with Crippen molar-refractivity contribution in [2.75, 3.05) is 7.11 Å². The molecule has 0 bridgehead atoms. The van der Waals surface area contributed by atoms with Crippen LogP contribution in [0.5, 0.6) is 0 Å². The molecule has 0 amide bonds. The second-order valence-electron chi connectivity index (χ2n) is 2.47. The minimum atomic E-state index is -0.237. The highest BCUT2D eigenvalue weighted by Crippen LogP contribution is 2.26. The molecule has 1 rings (SSSR count). The molecular formula is C9H8Br2O2. The zero-order valence-corrected chi connectivity index (χ0v) is 10.2. The molecule has 0 radical (unpaired) electrons. The van der Waals surface area contributed by atoms with Crippen LogP contribution in [0.2, 0.25) is 0 Å². The molecule has 0 N–H and O–H groups in total. The summed E-state index contributed by atoms with van der Waals surface area (Å²) in [5.74, 6) is -0.237. The average molecular weight is 308 g/mol. The van der Waals surface area contributed by atoms with Crippen LogP contribution in [0.3, 0.4) is 0 Å². The molecule has 0 atom stereocenters. The smallest absolute Gasteiger partial charge is 0.310 e. The number of ether oxygens (including phenoxy) is 1. The third kappa shape index (κ3) is 2.81. The number of esters is 1. The molecule has 13 heavy (non-hydrogen) atoms. The second kappa shape index (κ2) is 4.77. The summed E-state index contributed by atoms with van der Waals surface area (Å²) in [5, 5.41) is 0. The van der Waals surface area contributed by atoms with Crippen molar-refractivity contribution < 1.29 is 9.53 Å². The Labute approximate surface area is 93.5 Å². The minimum absolute atomic E-state index is 0.237. The number of halogens is 2. The number of benzene rings is 1. The molecule has 1 aromatic carbocycles. The van der Waals surface area contributed by atoms with Gasteiger partial charge in [0.15, 0.2) is 0 Å². The van der Waals surface area contributed by atoms with E-state index < -0.39 is 0 Å². The lowest BCUT2D eigenvalue weighted by molar-refractivity contribution is -0.139. The van der Waals surface area contributed by atoms with Crippen molar-refractivity contribution in [3.05, 3.63) is 32.7 Å². The van der Waals surface area contributed by atoms with Crippen molar-refractivity contribution in [1.82, 2.24) is 0 Å². The molecule has 0 aliphatic heterocycles. The van der Waals surface area contributed by atoms with E-state index in [0.29, 0.717) is 0 Å². The van der Waals surface area contributed by atoms with Gasteiger partial charge in [-0.05, 0) is 43.5 Å². The Bertz CT molecular complexity index is 323. The van der Waals surface area contributed by atoms with Crippen LogP contribution in [-0.4, -0.2) is 13.1 Å². The normalized spacial score (nSPS) is 9.77. The Hall–Kier alpha value is -0.350. The molecule has 0 unspecified atom stereocenters. The van der Waals surface area contributed by atoms with Crippen molar-refractivity contribution >= 4 is 37.8 Å². The molecule has 0 aliphatic carbocycles. The van der Waals surface area contributed by atoms with E-state index in [1.807, 2.05) is 18.2 Å². The predicted molar refractivity (Wildman–Crippen MR) is 57.6 cm³/mol. The van der Waals surface area contributed by atoms with Crippen LogP contribution in [0.4, 0.5) is 0 Å². The van der Waals surface area contributed by atoms with Crippen LogP contribution in [0.1, 0.15) is 5.56 Å². The molecule has 0 heterocycles. The van der Waals surface area contributed by atoms with Gasteiger partial charge < -0.3 is 4.74 Å². The lowest BCUT2D eigenvalue weighted by Gasteiger charge is -2.04. The monoisotopic (exact) mass is 306 g/mol. The van der Waals surface area contributed by atoms with E-state index >= 15 is 0 Å². The predicted octanol–water partition coefficient (Wildman–Crippen LogP) is 2.93. The topological polar surface area (TPSA) is 26.3 Å². The van der Waals surface area contributed by atoms with Gasteiger partial charge in [-0.3, -0.25) is 4.79 Å². The molecule has 0 saturated carbocycles. The summed E-state index contributed by atoms with van der Waals surface area (Å²) in [5.41, 5.74) is 0.918. The van der Waals surface area contributed by atoms with E-state index in [1.54, 1.807) is 0 Å². The quantitative estimate of drug-likeness (QED) is 0.785. The van der Waals surface area contributed by atoms with E-state index in [0.717, 1.165) is 14.5 Å². The van der Waals surface area contributed by atoms with E-state index in [9.17, 15) is 4.79 Å². The van der Waals surface area contributed by atoms with Gasteiger partial charge in [0.1, 0.15) is 0 Å². The third-order valence-electron chi connectivity index (χ3n) is 1.59. The number of carbonyl (C=O) groups excluding carboxylic acids is 1. The minimum Gasteiger partial charge on any atom is -0.469 e. The lowest BCUT2D eigenvalue weighted by Crippen LogP contribution is -2.04. The van der Waals surface area contributed by atoms with Gasteiger partial charge in [-0.2, -0.15) is 0 Å². The maximum atomic E-state index is 11.0. The molecule has 0 fully saturated rings. The number of carbonyl (C=O) groups is 1. The van der Waals surface area contributed by atoms with Gasteiger partial charge in [0, 0.05) is 8.95 Å². The first-order valence-corrected chi connectivity index (χ1v) is 5.23. The standard InChI is InChI=1S/C9H8Br2O2/c1-13-8(12)5-6-3-2-4-7(10)9(6)11/h2-4H,5H2,1H3.